The first-order valence-electron chi connectivity index (χ1n) is 9.23. The van der Waals surface area contributed by atoms with E-state index in [1.165, 1.54) is 42.5 Å². The van der Waals surface area contributed by atoms with Crippen molar-refractivity contribution < 1.29 is 0 Å². The molecule has 1 aliphatic rings. The Bertz CT molecular complexity index is 647. The monoisotopic (exact) mass is 326 g/mol. The van der Waals surface area contributed by atoms with Gasteiger partial charge in [0.2, 0.25) is 0 Å². The number of anilines is 1. The van der Waals surface area contributed by atoms with Crippen LogP contribution in [0, 0.1) is 0 Å². The second-order valence-electron chi connectivity index (χ2n) is 7.05. The highest BCUT2D eigenvalue weighted by atomic mass is 15.2. The predicted molar refractivity (Wildman–Crippen MR) is 103 cm³/mol. The van der Waals surface area contributed by atoms with Gasteiger partial charge in [0, 0.05) is 30.6 Å². The van der Waals surface area contributed by atoms with Crippen LogP contribution in [0.4, 0.5) is 5.82 Å². The zero-order valence-electron chi connectivity index (χ0n) is 15.1. The smallest absolute Gasteiger partial charge is 0.133 e. The zero-order valence-corrected chi connectivity index (χ0v) is 15.1. The summed E-state index contributed by atoms with van der Waals surface area (Å²) in [4.78, 5) is 9.72. The molecule has 0 atom stereocenters. The van der Waals surface area contributed by atoms with Gasteiger partial charge in [0.15, 0.2) is 0 Å². The lowest BCUT2D eigenvalue weighted by Gasteiger charge is -2.30. The van der Waals surface area contributed by atoms with Crippen LogP contribution < -0.4 is 10.2 Å². The highest BCUT2D eigenvalue weighted by Crippen LogP contribution is 2.26. The molecule has 3 rings (SSSR count). The summed E-state index contributed by atoms with van der Waals surface area (Å²) in [6.45, 7) is 5.35. The van der Waals surface area contributed by atoms with Crippen LogP contribution in [-0.4, -0.2) is 50.2 Å². The third-order valence-electron chi connectivity index (χ3n) is 4.71. The second kappa shape index (κ2) is 8.45. The topological polar surface area (TPSA) is 31.4 Å². The Labute approximate surface area is 145 Å². The number of hydrogen-bond donors (Lipinski definition) is 1. The van der Waals surface area contributed by atoms with Gasteiger partial charge in [-0.2, -0.15) is 0 Å². The highest BCUT2D eigenvalue weighted by molar-refractivity contribution is 5.81. The lowest BCUT2D eigenvalue weighted by molar-refractivity contribution is 0.394. The number of nitrogens with zero attached hydrogens (tertiary/aromatic N) is 3. The third kappa shape index (κ3) is 4.46. The molecule has 1 aromatic carbocycles. The molecule has 1 N–H and O–H groups in total. The molecule has 1 aliphatic heterocycles. The van der Waals surface area contributed by atoms with Gasteiger partial charge < -0.3 is 15.1 Å². The van der Waals surface area contributed by atoms with Crippen LogP contribution in [0.1, 0.15) is 31.2 Å². The van der Waals surface area contributed by atoms with E-state index in [9.17, 15) is 0 Å². The van der Waals surface area contributed by atoms with Crippen molar-refractivity contribution in [1.82, 2.24) is 15.2 Å². The zero-order chi connectivity index (χ0) is 16.8. The number of para-hydroxylation sites is 1. The maximum Gasteiger partial charge on any atom is 0.133 e. The quantitative estimate of drug-likeness (QED) is 0.791. The van der Waals surface area contributed by atoms with Crippen LogP contribution in [-0.2, 0) is 6.54 Å². The molecule has 0 aliphatic carbocycles. The number of fused-ring (bicyclic) bond motifs is 1. The fourth-order valence-electron chi connectivity index (χ4n) is 3.40. The average molecular weight is 326 g/mol. The van der Waals surface area contributed by atoms with Crippen LogP contribution in [0.2, 0.25) is 0 Å². The minimum absolute atomic E-state index is 0.900. The molecule has 1 fully saturated rings. The molecule has 0 saturated carbocycles. The molecule has 0 unspecified atom stereocenters. The van der Waals surface area contributed by atoms with E-state index in [0.717, 1.165) is 38.2 Å². The molecule has 0 bridgehead atoms. The Morgan fingerprint density at radius 2 is 1.92 bits per heavy atom. The molecular weight excluding hydrogens is 296 g/mol. The maximum atomic E-state index is 5.00. The minimum Gasteiger partial charge on any atom is -0.356 e. The van der Waals surface area contributed by atoms with Gasteiger partial charge in [-0.25, -0.2) is 4.98 Å². The van der Waals surface area contributed by atoms with Crippen LogP contribution in [0.5, 0.6) is 0 Å². The van der Waals surface area contributed by atoms with Gasteiger partial charge in [-0.15, -0.1) is 0 Å². The number of nitrogens with one attached hydrogen (secondary N) is 1. The van der Waals surface area contributed by atoms with Crippen LogP contribution >= 0.6 is 0 Å². The molecule has 0 radical (unpaired) electrons. The molecule has 4 nitrogen and oxygen atoms in total. The van der Waals surface area contributed by atoms with E-state index in [1.54, 1.807) is 0 Å². The third-order valence-corrected chi connectivity index (χ3v) is 4.71. The predicted octanol–water partition coefficient (Wildman–Crippen LogP) is 3.27. The number of aromatic nitrogens is 1. The Morgan fingerprint density at radius 1 is 1.12 bits per heavy atom. The first kappa shape index (κ1) is 17.2. The van der Waals surface area contributed by atoms with Gasteiger partial charge in [0.1, 0.15) is 5.82 Å². The normalized spacial score (nSPS) is 15.4. The van der Waals surface area contributed by atoms with E-state index >= 15 is 0 Å². The molecule has 24 heavy (non-hydrogen) atoms. The maximum absolute atomic E-state index is 5.00. The number of pyridine rings is 1. The van der Waals surface area contributed by atoms with Crippen molar-refractivity contribution in [3.8, 4) is 0 Å². The Morgan fingerprint density at radius 3 is 2.71 bits per heavy atom. The van der Waals surface area contributed by atoms with Crippen molar-refractivity contribution in [1.29, 1.82) is 0 Å². The van der Waals surface area contributed by atoms with Crippen molar-refractivity contribution >= 4 is 16.7 Å². The van der Waals surface area contributed by atoms with E-state index in [-0.39, 0.29) is 0 Å². The molecule has 130 valence electrons. The lowest BCUT2D eigenvalue weighted by Crippen LogP contribution is -2.32. The summed E-state index contributed by atoms with van der Waals surface area (Å²) < 4.78 is 0. The number of hydrogen-bond acceptors (Lipinski definition) is 4. The van der Waals surface area contributed by atoms with Crippen molar-refractivity contribution in [2.24, 2.45) is 0 Å². The molecule has 0 amide bonds. The van der Waals surface area contributed by atoms with E-state index in [2.05, 4.69) is 59.5 Å². The van der Waals surface area contributed by atoms with Crippen molar-refractivity contribution in [3.05, 3.63) is 35.9 Å². The first-order valence-corrected chi connectivity index (χ1v) is 9.23. The Kier molecular flexibility index (Phi) is 6.05. The van der Waals surface area contributed by atoms with E-state index in [1.807, 2.05) is 0 Å². The van der Waals surface area contributed by atoms with Gasteiger partial charge in [-0.3, -0.25) is 0 Å². The lowest BCUT2D eigenvalue weighted by atomic mass is 10.1. The summed E-state index contributed by atoms with van der Waals surface area (Å²) in [5.41, 5.74) is 2.44. The molecule has 4 heteroatoms. The molecular formula is C20H30N4. The van der Waals surface area contributed by atoms with Crippen LogP contribution in [0.25, 0.3) is 10.9 Å². The summed E-state index contributed by atoms with van der Waals surface area (Å²) in [6.07, 6.45) is 5.09. The molecule has 2 heterocycles. The number of benzene rings is 1. The molecule has 1 aromatic heterocycles. The molecule has 1 saturated heterocycles. The van der Waals surface area contributed by atoms with Crippen LogP contribution in [0.3, 0.4) is 0 Å². The standard InChI is InChI=1S/C20H30N4/c1-23(2)12-8-11-21-16-18-15-17-9-4-5-10-19(17)22-20(18)24-13-6-3-7-14-24/h4-5,9-10,15,21H,3,6-8,11-14,16H2,1-2H3. The SMILES string of the molecule is CN(C)CCCNCc1cc2ccccc2nc1N1CCCCC1. The Balaban J connectivity index is 1.75. The highest BCUT2D eigenvalue weighted by Gasteiger charge is 2.16. The van der Waals surface area contributed by atoms with Crippen molar-refractivity contribution in [2.45, 2.75) is 32.2 Å². The minimum atomic E-state index is 0.900. The van der Waals surface area contributed by atoms with Gasteiger partial charge in [-0.1, -0.05) is 18.2 Å². The summed E-state index contributed by atoms with van der Waals surface area (Å²) in [5.74, 6) is 1.19. The van der Waals surface area contributed by atoms with E-state index in [0.29, 0.717) is 0 Å². The summed E-state index contributed by atoms with van der Waals surface area (Å²) in [5, 5.41) is 4.85. The number of rotatable bonds is 7. The fraction of sp³-hybridized carbons (Fsp3) is 0.550. The molecule has 2 aromatic rings. The second-order valence-corrected chi connectivity index (χ2v) is 7.05. The van der Waals surface area contributed by atoms with Gasteiger partial charge in [0.05, 0.1) is 5.52 Å². The van der Waals surface area contributed by atoms with Gasteiger partial charge in [-0.05, 0) is 65.0 Å². The average Bonchev–Trinajstić information content (AvgIpc) is 2.61. The van der Waals surface area contributed by atoms with Crippen LogP contribution in [0.15, 0.2) is 30.3 Å². The van der Waals surface area contributed by atoms with Crippen molar-refractivity contribution in [2.75, 3.05) is 45.2 Å². The fourth-order valence-corrected chi connectivity index (χ4v) is 3.40. The van der Waals surface area contributed by atoms with Gasteiger partial charge in [0.25, 0.3) is 0 Å². The van der Waals surface area contributed by atoms with Crippen molar-refractivity contribution in [3.63, 3.8) is 0 Å². The number of piperidine rings is 1. The largest absolute Gasteiger partial charge is 0.356 e. The Hall–Kier alpha value is -1.65. The van der Waals surface area contributed by atoms with Gasteiger partial charge >= 0.3 is 0 Å². The first-order chi connectivity index (χ1) is 11.7. The van der Waals surface area contributed by atoms with E-state index in [4.69, 9.17) is 4.98 Å². The summed E-state index contributed by atoms with van der Waals surface area (Å²) in [7, 11) is 4.25. The van der Waals surface area contributed by atoms with E-state index < -0.39 is 0 Å². The summed E-state index contributed by atoms with van der Waals surface area (Å²) >= 11 is 0. The summed E-state index contributed by atoms with van der Waals surface area (Å²) in [6, 6.07) is 10.8. The molecule has 0 spiro atoms.